The summed E-state index contributed by atoms with van der Waals surface area (Å²) in [5.41, 5.74) is -0.373. The van der Waals surface area contributed by atoms with Crippen LogP contribution in [0.15, 0.2) is 18.3 Å². The Labute approximate surface area is 125 Å². The Morgan fingerprint density at radius 2 is 2.10 bits per heavy atom. The summed E-state index contributed by atoms with van der Waals surface area (Å²) in [5, 5.41) is 25.0. The topological polar surface area (TPSA) is 86.5 Å². The summed E-state index contributed by atoms with van der Waals surface area (Å²) < 4.78 is 2.01. The molecule has 1 amide bonds. The highest BCUT2D eigenvalue weighted by Gasteiger charge is 2.30. The van der Waals surface area contributed by atoms with Crippen molar-refractivity contribution in [3.8, 4) is 0 Å². The van der Waals surface area contributed by atoms with Crippen molar-refractivity contribution in [3.05, 3.63) is 24.0 Å². The number of aliphatic hydroxyl groups excluding tert-OH is 2. The van der Waals surface area contributed by atoms with E-state index in [1.807, 2.05) is 23.8 Å². The zero-order chi connectivity index (χ0) is 15.3. The molecule has 1 aromatic rings. The predicted octanol–water partition coefficient (Wildman–Crippen LogP) is 0.276. The number of hydrogen-bond acceptors (Lipinski definition) is 4. The molecule has 0 radical (unpaired) electrons. The van der Waals surface area contributed by atoms with Gasteiger partial charge in [-0.25, -0.2) is 0 Å². The van der Waals surface area contributed by atoms with Crippen molar-refractivity contribution in [2.75, 3.05) is 26.3 Å². The van der Waals surface area contributed by atoms with E-state index in [0.717, 1.165) is 25.9 Å². The first-order valence-corrected chi connectivity index (χ1v) is 7.57. The third-order valence-electron chi connectivity index (χ3n) is 4.37. The molecule has 0 aliphatic carbocycles. The Balaban J connectivity index is 2.14. The van der Waals surface area contributed by atoms with Gasteiger partial charge >= 0.3 is 0 Å². The van der Waals surface area contributed by atoms with Gasteiger partial charge < -0.3 is 25.4 Å². The van der Waals surface area contributed by atoms with Gasteiger partial charge in [-0.1, -0.05) is 6.92 Å². The molecule has 4 N–H and O–H groups in total. The number of nitrogens with one attached hydrogen (secondary N) is 2. The number of piperidine rings is 1. The van der Waals surface area contributed by atoms with Gasteiger partial charge in [-0.2, -0.15) is 0 Å². The lowest BCUT2D eigenvalue weighted by molar-refractivity contribution is 0.0643. The Morgan fingerprint density at radius 1 is 1.43 bits per heavy atom. The van der Waals surface area contributed by atoms with Crippen LogP contribution in [0.25, 0.3) is 0 Å². The van der Waals surface area contributed by atoms with Crippen molar-refractivity contribution >= 4 is 5.91 Å². The molecule has 6 nitrogen and oxygen atoms in total. The summed E-state index contributed by atoms with van der Waals surface area (Å²) in [6, 6.07) is 3.97. The van der Waals surface area contributed by atoms with Gasteiger partial charge in [0.05, 0.1) is 18.8 Å². The quantitative estimate of drug-likeness (QED) is 0.607. The average Bonchev–Trinajstić information content (AvgIpc) is 3.03. The highest BCUT2D eigenvalue weighted by atomic mass is 16.3. The van der Waals surface area contributed by atoms with Gasteiger partial charge in [0.2, 0.25) is 0 Å². The average molecular weight is 295 g/mol. The molecule has 0 atom stereocenters. The minimum Gasteiger partial charge on any atom is -0.394 e. The second-order valence-electron chi connectivity index (χ2n) is 5.69. The first kappa shape index (κ1) is 16.0. The minimum atomic E-state index is -0.958. The number of nitrogens with zero attached hydrogens (tertiary/aromatic N) is 1. The summed E-state index contributed by atoms with van der Waals surface area (Å²) in [7, 11) is 0. The summed E-state index contributed by atoms with van der Waals surface area (Å²) in [4.78, 5) is 12.5. The van der Waals surface area contributed by atoms with Crippen molar-refractivity contribution in [1.82, 2.24) is 15.2 Å². The number of amides is 1. The van der Waals surface area contributed by atoms with E-state index in [9.17, 15) is 15.0 Å². The van der Waals surface area contributed by atoms with E-state index in [4.69, 9.17) is 0 Å². The first-order valence-electron chi connectivity index (χ1n) is 7.57. The van der Waals surface area contributed by atoms with Crippen LogP contribution in [0, 0.1) is 0 Å². The summed E-state index contributed by atoms with van der Waals surface area (Å²) >= 11 is 0. The van der Waals surface area contributed by atoms with Gasteiger partial charge in [-0.3, -0.25) is 4.79 Å². The highest BCUT2D eigenvalue weighted by molar-refractivity contribution is 5.93. The smallest absolute Gasteiger partial charge is 0.268 e. The maximum absolute atomic E-state index is 12.5. The Hall–Kier alpha value is -1.37. The molecule has 2 heterocycles. The zero-order valence-electron chi connectivity index (χ0n) is 12.5. The molecule has 0 saturated carbocycles. The lowest BCUT2D eigenvalue weighted by Gasteiger charge is -2.31. The zero-order valence-corrected chi connectivity index (χ0v) is 12.5. The molecule has 1 aromatic heterocycles. The summed E-state index contributed by atoms with van der Waals surface area (Å²) in [5.74, 6) is -0.247. The fourth-order valence-corrected chi connectivity index (χ4v) is 2.74. The molecule has 2 rings (SSSR count). The normalized spacial score (nSPS) is 16.9. The molecule has 0 aromatic carbocycles. The molecule has 0 unspecified atom stereocenters. The molecule has 6 heteroatoms. The molecular formula is C15H25N3O3. The fourth-order valence-electron chi connectivity index (χ4n) is 2.74. The van der Waals surface area contributed by atoms with E-state index in [0.29, 0.717) is 18.2 Å². The van der Waals surface area contributed by atoms with Crippen LogP contribution in [0.3, 0.4) is 0 Å². The van der Waals surface area contributed by atoms with Crippen molar-refractivity contribution in [3.63, 3.8) is 0 Å². The first-order chi connectivity index (χ1) is 10.2. The number of aromatic nitrogens is 1. The van der Waals surface area contributed by atoms with E-state index in [1.165, 1.54) is 0 Å². The second kappa shape index (κ2) is 7.06. The van der Waals surface area contributed by atoms with E-state index >= 15 is 0 Å². The van der Waals surface area contributed by atoms with Crippen LogP contribution in [-0.2, 0) is 0 Å². The maximum Gasteiger partial charge on any atom is 0.268 e. The van der Waals surface area contributed by atoms with Crippen LogP contribution in [-0.4, -0.2) is 52.5 Å². The van der Waals surface area contributed by atoms with Crippen molar-refractivity contribution < 1.29 is 15.0 Å². The summed E-state index contributed by atoms with van der Waals surface area (Å²) in [6.45, 7) is 3.18. The van der Waals surface area contributed by atoms with E-state index in [1.54, 1.807) is 6.07 Å². The largest absolute Gasteiger partial charge is 0.394 e. The third kappa shape index (κ3) is 3.45. The lowest BCUT2D eigenvalue weighted by atomic mass is 9.98. The van der Waals surface area contributed by atoms with E-state index in [2.05, 4.69) is 10.6 Å². The monoisotopic (exact) mass is 295 g/mol. The van der Waals surface area contributed by atoms with E-state index < -0.39 is 5.54 Å². The van der Waals surface area contributed by atoms with Gasteiger partial charge in [-0.05, 0) is 44.5 Å². The fraction of sp³-hybridized carbons (Fsp3) is 0.667. The maximum atomic E-state index is 12.5. The van der Waals surface area contributed by atoms with Crippen molar-refractivity contribution in [1.29, 1.82) is 0 Å². The van der Waals surface area contributed by atoms with Crippen LogP contribution >= 0.6 is 0 Å². The van der Waals surface area contributed by atoms with Gasteiger partial charge in [0.25, 0.3) is 5.91 Å². The molecule has 0 bridgehead atoms. The Bertz CT molecular complexity index is 454. The minimum absolute atomic E-state index is 0.247. The molecular weight excluding hydrogens is 270 g/mol. The standard InChI is InChI=1S/C15H25N3O3/c1-2-15(10-19,11-20)17-14(21)13-4-3-9-18(13)12-5-7-16-8-6-12/h3-4,9,12,16,19-20H,2,5-8,10-11H2,1H3,(H,17,21). The molecule has 21 heavy (non-hydrogen) atoms. The van der Waals surface area contributed by atoms with Crippen LogP contribution in [0.1, 0.15) is 42.7 Å². The van der Waals surface area contributed by atoms with Gasteiger partial charge in [0.1, 0.15) is 5.69 Å². The lowest BCUT2D eigenvalue weighted by Crippen LogP contribution is -2.54. The summed E-state index contributed by atoms with van der Waals surface area (Å²) in [6.07, 6.45) is 4.39. The predicted molar refractivity (Wildman–Crippen MR) is 80.2 cm³/mol. The van der Waals surface area contributed by atoms with Gasteiger partial charge in [-0.15, -0.1) is 0 Å². The Kier molecular flexibility index (Phi) is 5.39. The van der Waals surface area contributed by atoms with Crippen molar-refractivity contribution in [2.24, 2.45) is 0 Å². The van der Waals surface area contributed by atoms with Crippen LogP contribution in [0.4, 0.5) is 0 Å². The number of aliphatic hydroxyl groups is 2. The molecule has 0 spiro atoms. The number of carbonyl (C=O) groups excluding carboxylic acids is 1. The third-order valence-corrected chi connectivity index (χ3v) is 4.37. The van der Waals surface area contributed by atoms with Gasteiger partial charge in [0, 0.05) is 12.2 Å². The SMILES string of the molecule is CCC(CO)(CO)NC(=O)c1cccn1C1CCNCC1. The number of hydrogen-bond donors (Lipinski definition) is 4. The number of rotatable bonds is 6. The van der Waals surface area contributed by atoms with E-state index in [-0.39, 0.29) is 19.1 Å². The van der Waals surface area contributed by atoms with Crippen LogP contribution < -0.4 is 10.6 Å². The highest BCUT2D eigenvalue weighted by Crippen LogP contribution is 2.22. The molecule has 1 aliphatic heterocycles. The number of carbonyl (C=O) groups is 1. The van der Waals surface area contributed by atoms with Crippen LogP contribution in [0.5, 0.6) is 0 Å². The Morgan fingerprint density at radius 3 is 2.67 bits per heavy atom. The second-order valence-corrected chi connectivity index (χ2v) is 5.69. The van der Waals surface area contributed by atoms with Gasteiger partial charge in [0.15, 0.2) is 0 Å². The molecule has 118 valence electrons. The molecule has 1 aliphatic rings. The van der Waals surface area contributed by atoms with Crippen LogP contribution in [0.2, 0.25) is 0 Å². The van der Waals surface area contributed by atoms with Crippen molar-refractivity contribution in [2.45, 2.75) is 37.8 Å². The molecule has 1 saturated heterocycles. The molecule has 1 fully saturated rings.